The topological polar surface area (TPSA) is 146 Å². The maximum absolute atomic E-state index is 12.0. The number of hydrogen-bond acceptors (Lipinski definition) is 8. The monoisotopic (exact) mass is 425 g/mol. The number of hydrogen-bond donors (Lipinski definition) is 3. The van der Waals surface area contributed by atoms with Crippen molar-refractivity contribution in [3.63, 3.8) is 0 Å². The number of rotatable bonds is 7. The maximum atomic E-state index is 12.0. The first-order valence-corrected chi connectivity index (χ1v) is 9.51. The van der Waals surface area contributed by atoms with Crippen LogP contribution in [0.25, 0.3) is 0 Å². The Labute approximate surface area is 173 Å². The molecule has 11 heteroatoms. The van der Waals surface area contributed by atoms with Gasteiger partial charge in [-0.1, -0.05) is 30.0 Å². The summed E-state index contributed by atoms with van der Waals surface area (Å²) in [4.78, 5) is 48.2. The summed E-state index contributed by atoms with van der Waals surface area (Å²) in [6.45, 7) is 0. The number of carbonyl (C=O) groups excluding carboxylic acids is 2. The predicted molar refractivity (Wildman–Crippen MR) is 110 cm³/mol. The Morgan fingerprint density at radius 1 is 1.10 bits per heavy atom. The van der Waals surface area contributed by atoms with Gasteiger partial charge in [0, 0.05) is 0 Å². The Kier molecular flexibility index (Phi) is 6.90. The van der Waals surface area contributed by atoms with Crippen LogP contribution in [0.1, 0.15) is 15.9 Å². The van der Waals surface area contributed by atoms with Crippen molar-refractivity contribution in [2.24, 2.45) is 5.10 Å². The molecule has 3 N–H and O–H groups in total. The summed E-state index contributed by atoms with van der Waals surface area (Å²) in [6, 6.07) is 15.2. The molecule has 0 atom stereocenters. The number of nitrogens with one attached hydrogen (secondary N) is 3. The molecule has 0 aliphatic heterocycles. The first-order valence-electron chi connectivity index (χ1n) is 8.52. The summed E-state index contributed by atoms with van der Waals surface area (Å²) >= 11 is 0.856. The molecular formula is C19H15N5O5S. The highest BCUT2D eigenvalue weighted by Crippen LogP contribution is 2.13. The average molecular weight is 425 g/mol. The Morgan fingerprint density at radius 2 is 1.83 bits per heavy atom. The normalized spacial score (nSPS) is 10.7. The van der Waals surface area contributed by atoms with Gasteiger partial charge in [-0.05, 0) is 42.0 Å². The minimum atomic E-state index is -0.723. The molecule has 0 spiro atoms. The zero-order valence-corrected chi connectivity index (χ0v) is 16.1. The summed E-state index contributed by atoms with van der Waals surface area (Å²) in [5.74, 6) is -0.664. The summed E-state index contributed by atoms with van der Waals surface area (Å²) in [5, 5.41) is 9.42. The third-order valence-corrected chi connectivity index (χ3v) is 4.48. The highest BCUT2D eigenvalue weighted by Gasteiger charge is 2.08. The van der Waals surface area contributed by atoms with E-state index in [9.17, 15) is 19.2 Å². The van der Waals surface area contributed by atoms with Gasteiger partial charge in [0.2, 0.25) is 5.91 Å². The lowest BCUT2D eigenvalue weighted by molar-refractivity contribution is -0.118. The number of carbonyl (C=O) groups is 2. The van der Waals surface area contributed by atoms with Crippen molar-refractivity contribution in [1.82, 2.24) is 20.6 Å². The molecule has 0 saturated heterocycles. The van der Waals surface area contributed by atoms with Gasteiger partial charge in [0.1, 0.15) is 5.75 Å². The molecule has 10 nitrogen and oxygen atoms in total. The van der Waals surface area contributed by atoms with E-state index < -0.39 is 23.1 Å². The van der Waals surface area contributed by atoms with Crippen LogP contribution in [-0.2, 0) is 4.79 Å². The zero-order valence-electron chi connectivity index (χ0n) is 15.3. The number of benzene rings is 2. The fourth-order valence-electron chi connectivity index (χ4n) is 2.14. The molecule has 2 aromatic carbocycles. The van der Waals surface area contributed by atoms with Gasteiger partial charge in [-0.25, -0.2) is 20.1 Å². The maximum Gasteiger partial charge on any atom is 0.343 e. The standard InChI is InChI=1S/C19H15N5O5S/c25-15(11-30-17-16(26)21-19(28)24-23-17)22-20-10-12-6-8-14(9-7-12)29-18(27)13-4-2-1-3-5-13/h1-10H,11H2,(H,22,25)(H2,21,24,26,28)/b20-10+. The first-order chi connectivity index (χ1) is 14.5. The SMILES string of the molecule is O=C(CSc1n[nH]c(=O)[nH]c1=O)N/N=C/c1ccc(OC(=O)c2ccccc2)cc1. The Morgan fingerprint density at radius 3 is 2.53 bits per heavy atom. The van der Waals surface area contributed by atoms with Crippen molar-refractivity contribution in [1.29, 1.82) is 0 Å². The molecule has 1 heterocycles. The quantitative estimate of drug-likeness (QED) is 0.168. The van der Waals surface area contributed by atoms with Gasteiger partial charge in [0.15, 0.2) is 5.03 Å². The molecule has 0 radical (unpaired) electrons. The van der Waals surface area contributed by atoms with E-state index in [1.807, 2.05) is 11.1 Å². The van der Waals surface area contributed by atoms with Gasteiger partial charge < -0.3 is 4.74 Å². The van der Waals surface area contributed by atoms with Gasteiger partial charge >= 0.3 is 11.7 Å². The average Bonchev–Trinajstić information content (AvgIpc) is 2.75. The van der Waals surface area contributed by atoms with Crippen LogP contribution in [0.2, 0.25) is 0 Å². The number of esters is 1. The van der Waals surface area contributed by atoms with Crippen LogP contribution in [0.15, 0.2) is 74.3 Å². The number of ether oxygens (including phenoxy) is 1. The molecule has 0 aliphatic rings. The number of aromatic nitrogens is 3. The number of aromatic amines is 2. The van der Waals surface area contributed by atoms with Crippen LogP contribution in [0.5, 0.6) is 5.75 Å². The van der Waals surface area contributed by atoms with Crippen LogP contribution in [-0.4, -0.2) is 39.0 Å². The summed E-state index contributed by atoms with van der Waals surface area (Å²) < 4.78 is 5.28. The van der Waals surface area contributed by atoms with E-state index >= 15 is 0 Å². The molecule has 152 valence electrons. The highest BCUT2D eigenvalue weighted by molar-refractivity contribution is 7.99. The minimum absolute atomic E-state index is 0.0330. The summed E-state index contributed by atoms with van der Waals surface area (Å²) in [7, 11) is 0. The highest BCUT2D eigenvalue weighted by atomic mass is 32.2. The van der Waals surface area contributed by atoms with E-state index in [0.29, 0.717) is 16.9 Å². The van der Waals surface area contributed by atoms with E-state index in [1.54, 1.807) is 48.5 Å². The second-order valence-corrected chi connectivity index (χ2v) is 6.68. The van der Waals surface area contributed by atoms with Gasteiger partial charge in [0.25, 0.3) is 5.56 Å². The van der Waals surface area contributed by atoms with E-state index in [-0.39, 0.29) is 10.8 Å². The third kappa shape index (κ3) is 6.01. The number of nitrogens with zero attached hydrogens (tertiary/aromatic N) is 2. The molecule has 0 fully saturated rings. The Hall–Kier alpha value is -3.99. The first kappa shape index (κ1) is 20.7. The number of thioether (sulfide) groups is 1. The van der Waals surface area contributed by atoms with E-state index in [0.717, 1.165) is 11.8 Å². The third-order valence-electron chi connectivity index (χ3n) is 3.52. The smallest absolute Gasteiger partial charge is 0.343 e. The molecule has 0 aliphatic carbocycles. The lowest BCUT2D eigenvalue weighted by Gasteiger charge is -2.04. The molecule has 3 rings (SSSR count). The predicted octanol–water partition coefficient (Wildman–Crippen LogP) is 0.920. The van der Waals surface area contributed by atoms with Crippen LogP contribution >= 0.6 is 11.8 Å². The summed E-state index contributed by atoms with van der Waals surface area (Å²) in [6.07, 6.45) is 1.41. The fraction of sp³-hybridized carbons (Fsp3) is 0.0526. The lowest BCUT2D eigenvalue weighted by atomic mass is 10.2. The van der Waals surface area contributed by atoms with E-state index in [2.05, 4.69) is 20.7 Å². The molecule has 3 aromatic rings. The van der Waals surface area contributed by atoms with Crippen molar-refractivity contribution >= 4 is 29.9 Å². The molecular weight excluding hydrogens is 410 g/mol. The van der Waals surface area contributed by atoms with Crippen LogP contribution < -0.4 is 21.4 Å². The van der Waals surface area contributed by atoms with Gasteiger partial charge in [0.05, 0.1) is 17.5 Å². The van der Waals surface area contributed by atoms with Gasteiger partial charge in [-0.15, -0.1) is 0 Å². The number of hydrazone groups is 1. The second kappa shape index (κ2) is 9.98. The lowest BCUT2D eigenvalue weighted by Crippen LogP contribution is -2.26. The van der Waals surface area contributed by atoms with Crippen molar-refractivity contribution in [2.45, 2.75) is 5.03 Å². The molecule has 30 heavy (non-hydrogen) atoms. The van der Waals surface area contributed by atoms with E-state index in [1.165, 1.54) is 6.21 Å². The zero-order chi connectivity index (χ0) is 21.3. The fourth-order valence-corrected chi connectivity index (χ4v) is 2.77. The van der Waals surface area contributed by atoms with Crippen molar-refractivity contribution in [3.8, 4) is 5.75 Å². The van der Waals surface area contributed by atoms with Crippen LogP contribution in [0.4, 0.5) is 0 Å². The summed E-state index contributed by atoms with van der Waals surface area (Å²) in [5.41, 5.74) is 2.03. The second-order valence-electron chi connectivity index (χ2n) is 5.72. The van der Waals surface area contributed by atoms with Crippen molar-refractivity contribution < 1.29 is 14.3 Å². The molecule has 0 saturated carbocycles. The van der Waals surface area contributed by atoms with Crippen LogP contribution in [0, 0.1) is 0 Å². The van der Waals surface area contributed by atoms with Crippen molar-refractivity contribution in [3.05, 3.63) is 86.6 Å². The van der Waals surface area contributed by atoms with Crippen molar-refractivity contribution in [2.75, 3.05) is 5.75 Å². The van der Waals surface area contributed by atoms with Crippen LogP contribution in [0.3, 0.4) is 0 Å². The van der Waals surface area contributed by atoms with E-state index in [4.69, 9.17) is 4.74 Å². The molecule has 1 amide bonds. The Balaban J connectivity index is 1.47. The molecule has 1 aromatic heterocycles. The van der Waals surface area contributed by atoms with Gasteiger partial charge in [-0.2, -0.15) is 10.2 Å². The number of amides is 1. The minimum Gasteiger partial charge on any atom is -0.423 e. The Bertz CT molecular complexity index is 1170. The van der Waals surface area contributed by atoms with Gasteiger partial charge in [-0.3, -0.25) is 14.6 Å². The number of H-pyrrole nitrogens is 2. The molecule has 0 unspecified atom stereocenters. The molecule has 0 bridgehead atoms. The largest absolute Gasteiger partial charge is 0.423 e.